The number of carbonyl (C=O) groups excluding carboxylic acids is 2. The van der Waals surface area contributed by atoms with Gasteiger partial charge in [0.15, 0.2) is 6.61 Å². The molecule has 0 aliphatic rings. The molecule has 0 radical (unpaired) electrons. The number of likely N-dealkylation sites (N-methyl/N-ethyl adjacent to an activating group) is 1. The fourth-order valence-corrected chi connectivity index (χ4v) is 2.38. The van der Waals surface area contributed by atoms with Gasteiger partial charge in [-0.2, -0.15) is 5.10 Å². The Morgan fingerprint density at radius 3 is 2.56 bits per heavy atom. The van der Waals surface area contributed by atoms with Crippen LogP contribution in [0.2, 0.25) is 0 Å². The van der Waals surface area contributed by atoms with Gasteiger partial charge in [-0.25, -0.2) is 18.9 Å². The van der Waals surface area contributed by atoms with Crippen molar-refractivity contribution in [1.82, 2.24) is 19.7 Å². The first kappa shape index (κ1) is 18.2. The fourth-order valence-electron chi connectivity index (χ4n) is 2.38. The summed E-state index contributed by atoms with van der Waals surface area (Å²) in [4.78, 5) is 29.4. The van der Waals surface area contributed by atoms with Crippen LogP contribution < -0.4 is 0 Å². The van der Waals surface area contributed by atoms with Crippen LogP contribution >= 0.6 is 0 Å². The number of aromatic nitrogens is 3. The van der Waals surface area contributed by atoms with Crippen molar-refractivity contribution in [2.24, 2.45) is 0 Å². The first-order chi connectivity index (χ1) is 13.0. The molecule has 1 aromatic heterocycles. The molecule has 0 fully saturated rings. The number of benzene rings is 2. The van der Waals surface area contributed by atoms with Crippen molar-refractivity contribution in [3.8, 4) is 5.69 Å². The molecule has 3 rings (SSSR count). The fraction of sp³-hybridized carbons (Fsp3) is 0.158. The Labute approximate surface area is 155 Å². The number of carbonyl (C=O) groups is 2. The Bertz CT molecular complexity index is 926. The normalized spacial score (nSPS) is 10.4. The molecule has 1 heterocycles. The molecule has 2 aromatic carbocycles. The number of esters is 1. The van der Waals surface area contributed by atoms with Gasteiger partial charge in [0.1, 0.15) is 18.5 Å². The highest BCUT2D eigenvalue weighted by Crippen LogP contribution is 2.11. The third kappa shape index (κ3) is 4.55. The van der Waals surface area contributed by atoms with Crippen LogP contribution in [0, 0.1) is 5.82 Å². The van der Waals surface area contributed by atoms with Crippen LogP contribution in [0.15, 0.2) is 61.2 Å². The van der Waals surface area contributed by atoms with Crippen LogP contribution in [0.3, 0.4) is 0 Å². The first-order valence-corrected chi connectivity index (χ1v) is 8.14. The summed E-state index contributed by atoms with van der Waals surface area (Å²) in [6.07, 6.45) is 2.95. The lowest BCUT2D eigenvalue weighted by molar-refractivity contribution is -0.133. The van der Waals surface area contributed by atoms with E-state index in [2.05, 4.69) is 10.1 Å². The van der Waals surface area contributed by atoms with Crippen molar-refractivity contribution < 1.29 is 18.7 Å². The number of hydrogen-bond donors (Lipinski definition) is 0. The first-order valence-electron chi connectivity index (χ1n) is 8.14. The van der Waals surface area contributed by atoms with Gasteiger partial charge in [-0.05, 0) is 30.3 Å². The summed E-state index contributed by atoms with van der Waals surface area (Å²) in [5, 5.41) is 3.99. The third-order valence-electron chi connectivity index (χ3n) is 3.90. The minimum atomic E-state index is -0.618. The van der Waals surface area contributed by atoms with E-state index in [9.17, 15) is 14.0 Å². The van der Waals surface area contributed by atoms with Gasteiger partial charge >= 0.3 is 5.97 Å². The highest BCUT2D eigenvalue weighted by Gasteiger charge is 2.15. The highest BCUT2D eigenvalue weighted by atomic mass is 19.1. The van der Waals surface area contributed by atoms with E-state index in [1.807, 2.05) is 0 Å². The minimum Gasteiger partial charge on any atom is -0.452 e. The number of halogens is 1. The summed E-state index contributed by atoms with van der Waals surface area (Å²) in [6, 6.07) is 12.7. The van der Waals surface area contributed by atoms with E-state index in [-0.39, 0.29) is 12.4 Å². The lowest BCUT2D eigenvalue weighted by atomic mass is 10.2. The van der Waals surface area contributed by atoms with Crippen LogP contribution in [0.25, 0.3) is 5.69 Å². The van der Waals surface area contributed by atoms with Gasteiger partial charge in [0, 0.05) is 19.2 Å². The second-order valence-corrected chi connectivity index (χ2v) is 5.80. The van der Waals surface area contributed by atoms with Gasteiger partial charge in [0.2, 0.25) is 0 Å². The maximum absolute atomic E-state index is 13.6. The summed E-state index contributed by atoms with van der Waals surface area (Å²) in [5.74, 6) is -1.43. The molecule has 27 heavy (non-hydrogen) atoms. The van der Waals surface area contributed by atoms with E-state index in [4.69, 9.17) is 4.74 Å². The molecule has 0 aliphatic heterocycles. The van der Waals surface area contributed by atoms with E-state index >= 15 is 0 Å². The minimum absolute atomic E-state index is 0.0929. The number of nitrogens with zero attached hydrogens (tertiary/aromatic N) is 4. The van der Waals surface area contributed by atoms with E-state index in [0.29, 0.717) is 11.1 Å². The quantitative estimate of drug-likeness (QED) is 0.624. The molecule has 1 amide bonds. The zero-order chi connectivity index (χ0) is 19.2. The summed E-state index contributed by atoms with van der Waals surface area (Å²) >= 11 is 0. The predicted octanol–water partition coefficient (Wildman–Crippen LogP) is 2.22. The molecule has 0 saturated heterocycles. The number of amides is 1. The average Bonchev–Trinajstić information content (AvgIpc) is 3.22. The molecule has 0 saturated carbocycles. The summed E-state index contributed by atoms with van der Waals surface area (Å²) < 4.78 is 20.3. The molecule has 0 atom stereocenters. The van der Waals surface area contributed by atoms with Crippen LogP contribution in [-0.2, 0) is 16.1 Å². The molecule has 0 spiro atoms. The Morgan fingerprint density at radius 1 is 1.15 bits per heavy atom. The molecule has 138 valence electrons. The third-order valence-corrected chi connectivity index (χ3v) is 3.90. The van der Waals surface area contributed by atoms with Gasteiger partial charge in [-0.3, -0.25) is 4.79 Å². The van der Waals surface area contributed by atoms with Crippen molar-refractivity contribution in [1.29, 1.82) is 0 Å². The lowest BCUT2D eigenvalue weighted by Gasteiger charge is -2.17. The molecule has 0 bridgehead atoms. The molecule has 3 aromatic rings. The highest BCUT2D eigenvalue weighted by molar-refractivity contribution is 5.91. The number of ether oxygens (including phenoxy) is 1. The maximum atomic E-state index is 13.6. The van der Waals surface area contributed by atoms with Crippen molar-refractivity contribution in [3.05, 3.63) is 78.1 Å². The van der Waals surface area contributed by atoms with Gasteiger partial charge in [-0.15, -0.1) is 0 Å². The summed E-state index contributed by atoms with van der Waals surface area (Å²) in [6.45, 7) is -0.329. The average molecular weight is 368 g/mol. The zero-order valence-electron chi connectivity index (χ0n) is 14.6. The Hall–Kier alpha value is -3.55. The summed E-state index contributed by atoms with van der Waals surface area (Å²) in [5.41, 5.74) is 1.44. The van der Waals surface area contributed by atoms with Gasteiger partial charge in [0.05, 0.1) is 11.3 Å². The van der Waals surface area contributed by atoms with Crippen molar-refractivity contribution in [3.63, 3.8) is 0 Å². The topological polar surface area (TPSA) is 77.3 Å². The molecular formula is C19H17FN4O3. The van der Waals surface area contributed by atoms with Crippen LogP contribution in [0.1, 0.15) is 15.9 Å². The van der Waals surface area contributed by atoms with E-state index in [0.717, 1.165) is 5.69 Å². The van der Waals surface area contributed by atoms with Gasteiger partial charge in [0.25, 0.3) is 5.91 Å². The largest absolute Gasteiger partial charge is 0.452 e. The Morgan fingerprint density at radius 2 is 1.89 bits per heavy atom. The second-order valence-electron chi connectivity index (χ2n) is 5.80. The SMILES string of the molecule is CN(Cc1ccccc1F)C(=O)COC(=O)c1ccc(-n2cncn2)cc1. The Kier molecular flexibility index (Phi) is 5.55. The molecule has 0 aliphatic carbocycles. The molecule has 8 heteroatoms. The lowest BCUT2D eigenvalue weighted by Crippen LogP contribution is -2.31. The number of hydrogen-bond acceptors (Lipinski definition) is 5. The Balaban J connectivity index is 1.53. The van der Waals surface area contributed by atoms with Gasteiger partial charge < -0.3 is 9.64 Å². The molecular weight excluding hydrogens is 351 g/mol. The van der Waals surface area contributed by atoms with E-state index in [1.165, 1.54) is 30.7 Å². The van der Waals surface area contributed by atoms with E-state index < -0.39 is 18.5 Å². The van der Waals surface area contributed by atoms with E-state index in [1.54, 1.807) is 47.1 Å². The molecule has 7 nitrogen and oxygen atoms in total. The smallest absolute Gasteiger partial charge is 0.338 e. The standard InChI is InChI=1S/C19H17FN4O3/c1-23(10-15-4-2-3-5-17(15)20)18(25)11-27-19(26)14-6-8-16(9-7-14)24-13-21-12-22-24/h2-9,12-13H,10-11H2,1H3. The van der Waals surface area contributed by atoms with Crippen molar-refractivity contribution >= 4 is 11.9 Å². The maximum Gasteiger partial charge on any atom is 0.338 e. The van der Waals surface area contributed by atoms with Crippen LogP contribution in [0.4, 0.5) is 4.39 Å². The van der Waals surface area contributed by atoms with Crippen LogP contribution in [0.5, 0.6) is 0 Å². The second kappa shape index (κ2) is 8.22. The molecule has 0 unspecified atom stereocenters. The van der Waals surface area contributed by atoms with Gasteiger partial charge in [-0.1, -0.05) is 18.2 Å². The predicted molar refractivity (Wildman–Crippen MR) is 94.5 cm³/mol. The molecule has 0 N–H and O–H groups in total. The zero-order valence-corrected chi connectivity index (χ0v) is 14.6. The van der Waals surface area contributed by atoms with Crippen molar-refractivity contribution in [2.75, 3.05) is 13.7 Å². The van der Waals surface area contributed by atoms with Crippen LogP contribution in [-0.4, -0.2) is 45.2 Å². The summed E-state index contributed by atoms with van der Waals surface area (Å²) in [7, 11) is 1.52. The van der Waals surface area contributed by atoms with Crippen molar-refractivity contribution in [2.45, 2.75) is 6.54 Å². The monoisotopic (exact) mass is 368 g/mol. The number of rotatable bonds is 6.